The van der Waals surface area contributed by atoms with Crippen molar-refractivity contribution >= 4 is 51.2 Å². The average molecular weight is 508 g/mol. The molecule has 3 N–H and O–H groups in total. The van der Waals surface area contributed by atoms with E-state index < -0.39 is 0 Å². The van der Waals surface area contributed by atoms with Crippen molar-refractivity contribution in [3.8, 4) is 0 Å². The van der Waals surface area contributed by atoms with Crippen LogP contribution in [-0.4, -0.2) is 44.1 Å². The van der Waals surface area contributed by atoms with Crippen LogP contribution in [-0.2, 0) is 6.42 Å². The molecule has 1 aliphatic heterocycles. The minimum absolute atomic E-state index is 0.151. The molecule has 0 radical (unpaired) electrons. The van der Waals surface area contributed by atoms with Gasteiger partial charge in [0, 0.05) is 42.1 Å². The quantitative estimate of drug-likeness (QED) is 0.339. The summed E-state index contributed by atoms with van der Waals surface area (Å²) in [5, 5.41) is 2.29. The van der Waals surface area contributed by atoms with Gasteiger partial charge in [0.05, 0.1) is 21.4 Å². The van der Waals surface area contributed by atoms with Gasteiger partial charge in [0.25, 0.3) is 0 Å². The molecule has 1 saturated heterocycles. The largest absolute Gasteiger partial charge is 0.354 e. The first kappa shape index (κ1) is 23.0. The van der Waals surface area contributed by atoms with Crippen LogP contribution < -0.4 is 10.6 Å². The van der Waals surface area contributed by atoms with Gasteiger partial charge in [-0.2, -0.15) is 0 Å². The molecular formula is C26H30ClN7S. The third kappa shape index (κ3) is 4.36. The van der Waals surface area contributed by atoms with Crippen LogP contribution in [0.2, 0.25) is 5.02 Å². The first-order chi connectivity index (χ1) is 17.1. The highest BCUT2D eigenvalue weighted by molar-refractivity contribution is 7.99. The number of rotatable bonds is 5. The second kappa shape index (κ2) is 9.56. The predicted molar refractivity (Wildman–Crippen MR) is 142 cm³/mol. The Morgan fingerprint density at radius 2 is 2.00 bits per heavy atom. The van der Waals surface area contributed by atoms with E-state index in [0.29, 0.717) is 17.0 Å². The SMILES string of the molecule is CCc1[nH]c2nc(Sc3cnc4cccnc4c3)nc(N3CC(N)C(C4CCCCC4)C3)c2c1Cl. The highest BCUT2D eigenvalue weighted by Gasteiger charge is 2.38. The van der Waals surface area contributed by atoms with E-state index in [2.05, 4.69) is 26.8 Å². The molecule has 182 valence electrons. The number of fused-ring (bicyclic) bond motifs is 2. The summed E-state index contributed by atoms with van der Waals surface area (Å²) in [6.07, 6.45) is 11.0. The number of nitrogens with zero attached hydrogens (tertiary/aromatic N) is 5. The molecule has 1 saturated carbocycles. The summed E-state index contributed by atoms with van der Waals surface area (Å²) in [7, 11) is 0. The van der Waals surface area contributed by atoms with Gasteiger partial charge in [-0.3, -0.25) is 9.97 Å². The second-order valence-corrected chi connectivity index (χ2v) is 11.2. The fourth-order valence-electron chi connectivity index (χ4n) is 5.77. The van der Waals surface area contributed by atoms with Crippen molar-refractivity contribution in [2.45, 2.75) is 61.5 Å². The molecule has 6 rings (SSSR count). The lowest BCUT2D eigenvalue weighted by Crippen LogP contribution is -2.34. The molecule has 7 nitrogen and oxygen atoms in total. The molecule has 2 atom stereocenters. The van der Waals surface area contributed by atoms with Crippen LogP contribution in [0, 0.1) is 11.8 Å². The normalized spacial score (nSPS) is 21.4. The summed E-state index contributed by atoms with van der Waals surface area (Å²) in [6.45, 7) is 3.81. The number of aromatic nitrogens is 5. The van der Waals surface area contributed by atoms with Crippen molar-refractivity contribution in [2.75, 3.05) is 18.0 Å². The van der Waals surface area contributed by atoms with Crippen molar-refractivity contribution in [2.24, 2.45) is 17.6 Å². The van der Waals surface area contributed by atoms with Crippen LogP contribution in [0.1, 0.15) is 44.7 Å². The van der Waals surface area contributed by atoms with Crippen molar-refractivity contribution in [3.05, 3.63) is 41.3 Å². The van der Waals surface area contributed by atoms with Crippen LogP contribution in [0.15, 0.2) is 40.6 Å². The number of hydrogen-bond acceptors (Lipinski definition) is 7. The number of hydrogen-bond donors (Lipinski definition) is 2. The number of halogens is 1. The summed E-state index contributed by atoms with van der Waals surface area (Å²) in [5.74, 6) is 2.09. The zero-order chi connectivity index (χ0) is 23.9. The number of anilines is 1. The highest BCUT2D eigenvalue weighted by Crippen LogP contribution is 2.41. The summed E-state index contributed by atoms with van der Waals surface area (Å²) in [6, 6.07) is 6.04. The van der Waals surface area contributed by atoms with Gasteiger partial charge in [-0.15, -0.1) is 0 Å². The molecule has 0 aromatic carbocycles. The van der Waals surface area contributed by atoms with Crippen LogP contribution in [0.25, 0.3) is 22.1 Å². The zero-order valence-corrected chi connectivity index (χ0v) is 21.4. The molecule has 0 bridgehead atoms. The molecule has 2 unspecified atom stereocenters. The van der Waals surface area contributed by atoms with Gasteiger partial charge in [-0.05, 0) is 48.2 Å². The zero-order valence-electron chi connectivity index (χ0n) is 19.9. The standard InChI is InChI=1S/C26H30ClN7S/c1-2-19-23(27)22-24(31-19)32-26(35-16-11-21-20(30-12-16)9-6-10-29-21)33-25(22)34-13-17(18(28)14-34)15-7-4-3-5-8-15/h6,9-12,15,17-18H,2-5,7-8,13-14,28H2,1H3,(H,31,32,33). The minimum Gasteiger partial charge on any atom is -0.354 e. The molecular weight excluding hydrogens is 478 g/mol. The summed E-state index contributed by atoms with van der Waals surface area (Å²) < 4.78 is 0. The Morgan fingerprint density at radius 3 is 2.83 bits per heavy atom. The molecule has 2 fully saturated rings. The Morgan fingerprint density at radius 1 is 1.14 bits per heavy atom. The van der Waals surface area contributed by atoms with Gasteiger partial charge in [0.15, 0.2) is 5.16 Å². The molecule has 2 aliphatic rings. The molecule has 5 heterocycles. The Labute approximate surface area is 214 Å². The number of aromatic amines is 1. The number of aryl methyl sites for hydroxylation is 1. The molecule has 35 heavy (non-hydrogen) atoms. The fourth-order valence-corrected chi connectivity index (χ4v) is 6.88. The minimum atomic E-state index is 0.151. The van der Waals surface area contributed by atoms with Crippen LogP contribution in [0.3, 0.4) is 0 Å². The summed E-state index contributed by atoms with van der Waals surface area (Å²) in [5.41, 5.74) is 10.2. The van der Waals surface area contributed by atoms with Crippen molar-refractivity contribution in [1.82, 2.24) is 24.9 Å². The lowest BCUT2D eigenvalue weighted by molar-refractivity contribution is 0.248. The first-order valence-electron chi connectivity index (χ1n) is 12.6. The number of nitrogens with one attached hydrogen (secondary N) is 1. The van der Waals surface area contributed by atoms with E-state index in [9.17, 15) is 0 Å². The van der Waals surface area contributed by atoms with Gasteiger partial charge in [0.2, 0.25) is 0 Å². The van der Waals surface area contributed by atoms with E-state index in [4.69, 9.17) is 27.3 Å². The second-order valence-electron chi connectivity index (χ2n) is 9.77. The Bertz CT molecular complexity index is 1370. The maximum absolute atomic E-state index is 6.85. The van der Waals surface area contributed by atoms with E-state index >= 15 is 0 Å². The van der Waals surface area contributed by atoms with Gasteiger partial charge in [-0.25, -0.2) is 9.97 Å². The van der Waals surface area contributed by atoms with Crippen molar-refractivity contribution in [1.29, 1.82) is 0 Å². The Hall–Kier alpha value is -2.42. The van der Waals surface area contributed by atoms with E-state index in [1.54, 1.807) is 6.20 Å². The molecule has 0 amide bonds. The fraction of sp³-hybridized carbons (Fsp3) is 0.462. The number of nitrogens with two attached hydrogens (primary N) is 1. The monoisotopic (exact) mass is 507 g/mol. The maximum atomic E-state index is 6.85. The molecule has 4 aromatic rings. The van der Waals surface area contributed by atoms with E-state index in [-0.39, 0.29) is 6.04 Å². The maximum Gasteiger partial charge on any atom is 0.196 e. The number of pyridine rings is 2. The summed E-state index contributed by atoms with van der Waals surface area (Å²) in [4.78, 5) is 25.6. The van der Waals surface area contributed by atoms with E-state index in [1.807, 2.05) is 24.4 Å². The first-order valence-corrected chi connectivity index (χ1v) is 13.8. The lowest BCUT2D eigenvalue weighted by atomic mass is 9.78. The van der Waals surface area contributed by atoms with Gasteiger partial charge < -0.3 is 15.6 Å². The molecule has 4 aromatic heterocycles. The highest BCUT2D eigenvalue weighted by atomic mass is 35.5. The van der Waals surface area contributed by atoms with Gasteiger partial charge >= 0.3 is 0 Å². The van der Waals surface area contributed by atoms with E-state index in [0.717, 1.165) is 63.0 Å². The summed E-state index contributed by atoms with van der Waals surface area (Å²) >= 11 is 8.34. The smallest absolute Gasteiger partial charge is 0.196 e. The van der Waals surface area contributed by atoms with Crippen LogP contribution in [0.5, 0.6) is 0 Å². The Balaban J connectivity index is 1.37. The Kier molecular flexibility index (Phi) is 6.28. The van der Waals surface area contributed by atoms with E-state index in [1.165, 1.54) is 43.9 Å². The third-order valence-corrected chi connectivity index (χ3v) is 8.82. The lowest BCUT2D eigenvalue weighted by Gasteiger charge is -2.29. The third-order valence-electron chi connectivity index (χ3n) is 7.58. The van der Waals surface area contributed by atoms with Crippen LogP contribution >= 0.6 is 23.4 Å². The molecule has 1 aliphatic carbocycles. The van der Waals surface area contributed by atoms with Gasteiger partial charge in [-0.1, -0.05) is 50.6 Å². The van der Waals surface area contributed by atoms with Crippen molar-refractivity contribution in [3.63, 3.8) is 0 Å². The number of H-pyrrole nitrogens is 1. The topological polar surface area (TPSA) is 96.6 Å². The molecule has 9 heteroatoms. The average Bonchev–Trinajstić information content (AvgIpc) is 3.43. The predicted octanol–water partition coefficient (Wildman–Crippen LogP) is 5.61. The van der Waals surface area contributed by atoms with Crippen molar-refractivity contribution < 1.29 is 0 Å². The molecule has 0 spiro atoms. The van der Waals surface area contributed by atoms with Crippen LogP contribution in [0.4, 0.5) is 5.82 Å². The van der Waals surface area contributed by atoms with Gasteiger partial charge in [0.1, 0.15) is 11.5 Å².